The minimum atomic E-state index is 0.304. The van der Waals surface area contributed by atoms with Crippen molar-refractivity contribution in [2.45, 2.75) is 27.2 Å². The number of nitrogen functional groups attached to an aromatic ring is 1. The molecule has 0 amide bonds. The molecule has 2 N–H and O–H groups in total. The van der Waals surface area contributed by atoms with E-state index in [1.54, 1.807) is 6.07 Å². The molecule has 0 radical (unpaired) electrons. The van der Waals surface area contributed by atoms with Crippen LogP contribution in [-0.4, -0.2) is 5.16 Å². The zero-order chi connectivity index (χ0) is 12.5. The van der Waals surface area contributed by atoms with Gasteiger partial charge in [-0.15, -0.1) is 0 Å². The summed E-state index contributed by atoms with van der Waals surface area (Å²) in [5.41, 5.74) is 8.16. The lowest BCUT2D eigenvalue weighted by atomic mass is 9.88. The summed E-state index contributed by atoms with van der Waals surface area (Å²) in [7, 11) is 0. The SMILES string of the molecule is CC(C)(C)Cc1ccc(-c2cc(N)no2)cc1. The first-order valence-corrected chi connectivity index (χ1v) is 5.75. The summed E-state index contributed by atoms with van der Waals surface area (Å²) in [6, 6.07) is 10.1. The van der Waals surface area contributed by atoms with E-state index in [1.165, 1.54) is 5.56 Å². The van der Waals surface area contributed by atoms with Crippen LogP contribution in [0.2, 0.25) is 0 Å². The average Bonchev–Trinajstić information content (AvgIpc) is 2.63. The van der Waals surface area contributed by atoms with Crippen LogP contribution in [0, 0.1) is 5.41 Å². The van der Waals surface area contributed by atoms with Crippen molar-refractivity contribution >= 4 is 5.82 Å². The lowest BCUT2D eigenvalue weighted by molar-refractivity contribution is 0.411. The number of hydrogen-bond acceptors (Lipinski definition) is 3. The number of benzene rings is 1. The molecule has 2 rings (SSSR count). The Bertz CT molecular complexity index is 492. The van der Waals surface area contributed by atoms with Crippen LogP contribution in [0.15, 0.2) is 34.9 Å². The van der Waals surface area contributed by atoms with Crippen molar-refractivity contribution in [3.05, 3.63) is 35.9 Å². The third kappa shape index (κ3) is 3.09. The maximum atomic E-state index is 5.52. The molecule has 0 aliphatic heterocycles. The van der Waals surface area contributed by atoms with Crippen LogP contribution in [0.25, 0.3) is 11.3 Å². The van der Waals surface area contributed by atoms with Crippen molar-refractivity contribution in [1.29, 1.82) is 0 Å². The van der Waals surface area contributed by atoms with Crippen molar-refractivity contribution in [2.75, 3.05) is 5.73 Å². The molecule has 17 heavy (non-hydrogen) atoms. The van der Waals surface area contributed by atoms with Gasteiger partial charge in [-0.2, -0.15) is 0 Å². The molecule has 90 valence electrons. The Morgan fingerprint density at radius 1 is 1.18 bits per heavy atom. The van der Waals surface area contributed by atoms with Crippen LogP contribution < -0.4 is 5.73 Å². The van der Waals surface area contributed by atoms with E-state index < -0.39 is 0 Å². The molecule has 2 aromatic rings. The average molecular weight is 230 g/mol. The van der Waals surface area contributed by atoms with Crippen LogP contribution in [0.1, 0.15) is 26.3 Å². The van der Waals surface area contributed by atoms with E-state index in [0.717, 1.165) is 12.0 Å². The molecule has 0 bridgehead atoms. The number of rotatable bonds is 2. The van der Waals surface area contributed by atoms with Crippen LogP contribution in [0.4, 0.5) is 5.82 Å². The fourth-order valence-corrected chi connectivity index (χ4v) is 1.82. The van der Waals surface area contributed by atoms with E-state index in [2.05, 4.69) is 38.1 Å². The molecule has 0 saturated heterocycles. The molecular formula is C14H18N2O. The monoisotopic (exact) mass is 230 g/mol. The summed E-state index contributed by atoms with van der Waals surface area (Å²) in [5, 5.41) is 3.68. The highest BCUT2D eigenvalue weighted by molar-refractivity contribution is 5.60. The Labute approximate surface area is 102 Å². The van der Waals surface area contributed by atoms with E-state index in [1.807, 2.05) is 12.1 Å². The first-order valence-electron chi connectivity index (χ1n) is 5.75. The molecule has 1 aromatic heterocycles. The summed E-state index contributed by atoms with van der Waals surface area (Å²) in [5.74, 6) is 1.13. The van der Waals surface area contributed by atoms with Gasteiger partial charge in [0.1, 0.15) is 0 Å². The normalized spacial score (nSPS) is 11.7. The van der Waals surface area contributed by atoms with Gasteiger partial charge in [-0.3, -0.25) is 0 Å². The number of nitrogens with zero attached hydrogens (tertiary/aromatic N) is 1. The fraction of sp³-hybridized carbons (Fsp3) is 0.357. The van der Waals surface area contributed by atoms with E-state index in [9.17, 15) is 0 Å². The summed E-state index contributed by atoms with van der Waals surface area (Å²) in [6.07, 6.45) is 1.06. The molecule has 0 aliphatic rings. The highest BCUT2D eigenvalue weighted by Gasteiger charge is 2.11. The van der Waals surface area contributed by atoms with Gasteiger partial charge in [-0.25, -0.2) is 0 Å². The Morgan fingerprint density at radius 2 is 1.82 bits per heavy atom. The van der Waals surface area contributed by atoms with E-state index >= 15 is 0 Å². The zero-order valence-corrected chi connectivity index (χ0v) is 10.5. The third-order valence-electron chi connectivity index (χ3n) is 2.50. The maximum absolute atomic E-state index is 5.52. The second-order valence-corrected chi connectivity index (χ2v) is 5.55. The molecule has 0 unspecified atom stereocenters. The highest BCUT2D eigenvalue weighted by Crippen LogP contribution is 2.24. The first kappa shape index (κ1) is 11.7. The summed E-state index contributed by atoms with van der Waals surface area (Å²) in [6.45, 7) is 6.70. The number of hydrogen-bond donors (Lipinski definition) is 1. The lowest BCUT2D eigenvalue weighted by Crippen LogP contribution is -2.08. The standard InChI is InChI=1S/C14H18N2O/c1-14(2,3)9-10-4-6-11(7-5-10)12-8-13(15)16-17-12/h4-8H,9H2,1-3H3,(H2,15,16). The number of nitrogens with two attached hydrogens (primary N) is 1. The molecule has 0 spiro atoms. The van der Waals surface area contributed by atoms with E-state index in [-0.39, 0.29) is 0 Å². The predicted octanol–water partition coefficient (Wildman–Crippen LogP) is 3.51. The molecule has 0 aliphatic carbocycles. The maximum Gasteiger partial charge on any atom is 0.169 e. The van der Waals surface area contributed by atoms with Gasteiger partial charge in [0.25, 0.3) is 0 Å². The summed E-state index contributed by atoms with van der Waals surface area (Å²) < 4.78 is 5.12. The van der Waals surface area contributed by atoms with Crippen LogP contribution in [0.5, 0.6) is 0 Å². The minimum Gasteiger partial charge on any atom is -0.381 e. The molecular weight excluding hydrogens is 212 g/mol. The Hall–Kier alpha value is -1.77. The minimum absolute atomic E-state index is 0.304. The molecule has 3 nitrogen and oxygen atoms in total. The van der Waals surface area contributed by atoms with E-state index in [4.69, 9.17) is 10.3 Å². The molecule has 0 atom stereocenters. The van der Waals surface area contributed by atoms with Gasteiger partial charge in [0.15, 0.2) is 11.6 Å². The molecule has 1 heterocycles. The molecule has 0 saturated carbocycles. The van der Waals surface area contributed by atoms with Crippen LogP contribution >= 0.6 is 0 Å². The van der Waals surface area contributed by atoms with Crippen molar-refractivity contribution in [3.8, 4) is 11.3 Å². The van der Waals surface area contributed by atoms with Crippen molar-refractivity contribution in [3.63, 3.8) is 0 Å². The van der Waals surface area contributed by atoms with Crippen molar-refractivity contribution < 1.29 is 4.52 Å². The van der Waals surface area contributed by atoms with Crippen LogP contribution in [0.3, 0.4) is 0 Å². The van der Waals surface area contributed by atoms with Gasteiger partial charge < -0.3 is 10.3 Å². The zero-order valence-electron chi connectivity index (χ0n) is 10.5. The summed E-state index contributed by atoms with van der Waals surface area (Å²) >= 11 is 0. The number of aromatic nitrogens is 1. The van der Waals surface area contributed by atoms with Gasteiger partial charge in [0.05, 0.1) is 0 Å². The van der Waals surface area contributed by atoms with Gasteiger partial charge in [0, 0.05) is 11.6 Å². The first-order chi connectivity index (χ1) is 7.94. The van der Waals surface area contributed by atoms with Crippen molar-refractivity contribution in [1.82, 2.24) is 5.16 Å². The lowest BCUT2D eigenvalue weighted by Gasteiger charge is -2.17. The Morgan fingerprint density at radius 3 is 2.29 bits per heavy atom. The third-order valence-corrected chi connectivity index (χ3v) is 2.50. The largest absolute Gasteiger partial charge is 0.381 e. The highest BCUT2D eigenvalue weighted by atomic mass is 16.5. The number of anilines is 1. The van der Waals surface area contributed by atoms with Gasteiger partial charge >= 0.3 is 0 Å². The Kier molecular flexibility index (Phi) is 2.92. The molecule has 1 aromatic carbocycles. The molecule has 0 fully saturated rings. The topological polar surface area (TPSA) is 52.0 Å². The molecule has 3 heteroatoms. The van der Waals surface area contributed by atoms with Gasteiger partial charge in [-0.05, 0) is 17.4 Å². The smallest absolute Gasteiger partial charge is 0.169 e. The fourth-order valence-electron chi connectivity index (χ4n) is 1.82. The predicted molar refractivity (Wildman–Crippen MR) is 69.5 cm³/mol. The Balaban J connectivity index is 2.19. The quantitative estimate of drug-likeness (QED) is 0.858. The van der Waals surface area contributed by atoms with Crippen LogP contribution in [-0.2, 0) is 6.42 Å². The van der Waals surface area contributed by atoms with E-state index in [0.29, 0.717) is 17.0 Å². The second kappa shape index (κ2) is 4.24. The second-order valence-electron chi connectivity index (χ2n) is 5.55. The van der Waals surface area contributed by atoms with Gasteiger partial charge in [0.2, 0.25) is 0 Å². The van der Waals surface area contributed by atoms with Crippen molar-refractivity contribution in [2.24, 2.45) is 5.41 Å². The summed E-state index contributed by atoms with van der Waals surface area (Å²) in [4.78, 5) is 0. The van der Waals surface area contributed by atoms with Gasteiger partial charge in [-0.1, -0.05) is 50.2 Å².